The Labute approximate surface area is 98.8 Å². The van der Waals surface area contributed by atoms with Crippen molar-refractivity contribution < 1.29 is 19.1 Å². The summed E-state index contributed by atoms with van der Waals surface area (Å²) in [5, 5.41) is 9.89. The molecule has 0 amide bonds. The normalized spacial score (nSPS) is 12.6. The zero-order valence-electron chi connectivity index (χ0n) is 9.98. The lowest BCUT2D eigenvalue weighted by Gasteiger charge is -2.05. The molecule has 0 saturated carbocycles. The molecule has 0 bridgehead atoms. The molecule has 1 heterocycles. The number of aliphatic carboxylic acids is 1. The number of fused-ring (bicyclic) bond motifs is 1. The van der Waals surface area contributed by atoms with Gasteiger partial charge in [0, 0.05) is 10.9 Å². The molecular weight excluding hydrogens is 220 g/mol. The van der Waals surface area contributed by atoms with Crippen molar-refractivity contribution in [3.63, 3.8) is 0 Å². The van der Waals surface area contributed by atoms with Crippen molar-refractivity contribution in [2.24, 2.45) is 0 Å². The summed E-state index contributed by atoms with van der Waals surface area (Å²) in [4.78, 5) is 11.1. The van der Waals surface area contributed by atoms with Crippen LogP contribution in [0.1, 0.15) is 24.2 Å². The standard InChI is InChI=1S/C13H14O4/c1-7(13(14)15)12-8(2)17-11-5-4-9(16-3)6-10(11)12/h4-7H,1-3H3,(H,14,15). The van der Waals surface area contributed by atoms with Crippen molar-refractivity contribution in [2.45, 2.75) is 19.8 Å². The maximum Gasteiger partial charge on any atom is 0.310 e. The Balaban J connectivity index is 2.68. The first-order valence-corrected chi connectivity index (χ1v) is 5.34. The Morgan fingerprint density at radius 1 is 1.47 bits per heavy atom. The number of hydrogen-bond acceptors (Lipinski definition) is 3. The van der Waals surface area contributed by atoms with Gasteiger partial charge in [-0.1, -0.05) is 0 Å². The molecule has 0 spiro atoms. The van der Waals surface area contributed by atoms with Gasteiger partial charge >= 0.3 is 5.97 Å². The fraction of sp³-hybridized carbons (Fsp3) is 0.308. The molecule has 4 heteroatoms. The Kier molecular flexibility index (Phi) is 2.79. The molecule has 1 aromatic carbocycles. The smallest absolute Gasteiger partial charge is 0.310 e. The Hall–Kier alpha value is -1.97. The topological polar surface area (TPSA) is 59.7 Å². The zero-order chi connectivity index (χ0) is 12.6. The molecule has 0 aliphatic carbocycles. The van der Waals surface area contributed by atoms with E-state index in [9.17, 15) is 4.79 Å². The van der Waals surface area contributed by atoms with E-state index in [1.54, 1.807) is 39.2 Å². The van der Waals surface area contributed by atoms with Crippen LogP contribution in [-0.4, -0.2) is 18.2 Å². The molecule has 0 radical (unpaired) electrons. The predicted octanol–water partition coefficient (Wildman–Crippen LogP) is 2.94. The van der Waals surface area contributed by atoms with Crippen LogP contribution < -0.4 is 4.74 Å². The summed E-state index contributed by atoms with van der Waals surface area (Å²) < 4.78 is 10.7. The van der Waals surface area contributed by atoms with E-state index in [-0.39, 0.29) is 0 Å². The van der Waals surface area contributed by atoms with E-state index in [0.29, 0.717) is 22.7 Å². The van der Waals surface area contributed by atoms with E-state index in [1.165, 1.54) is 0 Å². The highest BCUT2D eigenvalue weighted by molar-refractivity contribution is 5.89. The van der Waals surface area contributed by atoms with E-state index >= 15 is 0 Å². The first-order valence-electron chi connectivity index (χ1n) is 5.34. The molecule has 4 nitrogen and oxygen atoms in total. The molecule has 1 unspecified atom stereocenters. The minimum Gasteiger partial charge on any atom is -0.497 e. The predicted molar refractivity (Wildman–Crippen MR) is 63.6 cm³/mol. The number of methoxy groups -OCH3 is 1. The van der Waals surface area contributed by atoms with E-state index < -0.39 is 11.9 Å². The van der Waals surface area contributed by atoms with Crippen molar-refractivity contribution in [3.05, 3.63) is 29.5 Å². The molecule has 0 aliphatic heterocycles. The van der Waals surface area contributed by atoms with E-state index in [4.69, 9.17) is 14.3 Å². The maximum atomic E-state index is 11.1. The second kappa shape index (κ2) is 4.13. The molecule has 17 heavy (non-hydrogen) atoms. The number of benzene rings is 1. The molecule has 0 aliphatic rings. The highest BCUT2D eigenvalue weighted by atomic mass is 16.5. The highest BCUT2D eigenvalue weighted by Crippen LogP contribution is 2.33. The third kappa shape index (κ3) is 1.86. The van der Waals surface area contributed by atoms with Crippen molar-refractivity contribution in [1.29, 1.82) is 0 Å². The van der Waals surface area contributed by atoms with Crippen molar-refractivity contribution in [2.75, 3.05) is 7.11 Å². The number of aryl methyl sites for hydroxylation is 1. The molecule has 2 aromatic rings. The first kappa shape index (κ1) is 11.5. The lowest BCUT2D eigenvalue weighted by Crippen LogP contribution is -2.07. The van der Waals surface area contributed by atoms with Crippen molar-refractivity contribution in [3.8, 4) is 5.75 Å². The quantitative estimate of drug-likeness (QED) is 0.887. The van der Waals surface area contributed by atoms with Crippen LogP contribution in [0, 0.1) is 6.92 Å². The molecule has 1 aromatic heterocycles. The van der Waals surface area contributed by atoms with Gasteiger partial charge in [-0.3, -0.25) is 4.79 Å². The van der Waals surface area contributed by atoms with Gasteiger partial charge < -0.3 is 14.3 Å². The number of carbonyl (C=O) groups is 1. The summed E-state index contributed by atoms with van der Waals surface area (Å²) in [6.07, 6.45) is 0. The fourth-order valence-electron chi connectivity index (χ4n) is 2.01. The maximum absolute atomic E-state index is 11.1. The monoisotopic (exact) mass is 234 g/mol. The Morgan fingerprint density at radius 3 is 2.76 bits per heavy atom. The van der Waals surface area contributed by atoms with Gasteiger partial charge in [-0.25, -0.2) is 0 Å². The number of carboxylic acids is 1. The van der Waals surface area contributed by atoms with Crippen LogP contribution in [0.4, 0.5) is 0 Å². The van der Waals surface area contributed by atoms with E-state index in [1.807, 2.05) is 0 Å². The first-order chi connectivity index (χ1) is 8.04. The third-order valence-electron chi connectivity index (χ3n) is 2.92. The highest BCUT2D eigenvalue weighted by Gasteiger charge is 2.22. The summed E-state index contributed by atoms with van der Waals surface area (Å²) in [6, 6.07) is 5.39. The average Bonchev–Trinajstić information content (AvgIpc) is 2.62. The minimum absolute atomic E-state index is 0.594. The van der Waals surface area contributed by atoms with Gasteiger partial charge in [0.15, 0.2) is 0 Å². The van der Waals surface area contributed by atoms with Crippen LogP contribution in [0.3, 0.4) is 0 Å². The fourth-order valence-corrected chi connectivity index (χ4v) is 2.01. The number of furan rings is 1. The van der Waals surface area contributed by atoms with E-state index in [2.05, 4.69) is 0 Å². The molecule has 1 N–H and O–H groups in total. The second-order valence-electron chi connectivity index (χ2n) is 3.99. The van der Waals surface area contributed by atoms with Crippen LogP contribution in [0.5, 0.6) is 5.75 Å². The molecule has 0 fully saturated rings. The number of rotatable bonds is 3. The lowest BCUT2D eigenvalue weighted by atomic mass is 9.98. The van der Waals surface area contributed by atoms with Crippen molar-refractivity contribution >= 4 is 16.9 Å². The number of hydrogen-bond donors (Lipinski definition) is 1. The van der Waals surface area contributed by atoms with Crippen LogP contribution in [0.15, 0.2) is 22.6 Å². The van der Waals surface area contributed by atoms with Gasteiger partial charge in [0.05, 0.1) is 13.0 Å². The Morgan fingerprint density at radius 2 is 2.18 bits per heavy atom. The van der Waals surface area contributed by atoms with Gasteiger partial charge in [0.25, 0.3) is 0 Å². The van der Waals surface area contributed by atoms with Gasteiger partial charge in [0.1, 0.15) is 17.1 Å². The van der Waals surface area contributed by atoms with E-state index in [0.717, 1.165) is 5.39 Å². The zero-order valence-corrected chi connectivity index (χ0v) is 9.98. The van der Waals surface area contributed by atoms with Gasteiger partial charge in [-0.05, 0) is 32.0 Å². The van der Waals surface area contributed by atoms with Gasteiger partial charge in [-0.2, -0.15) is 0 Å². The minimum atomic E-state index is -0.862. The summed E-state index contributed by atoms with van der Waals surface area (Å²) in [6.45, 7) is 3.43. The van der Waals surface area contributed by atoms with Gasteiger partial charge in [0.2, 0.25) is 0 Å². The molecule has 0 saturated heterocycles. The molecule has 1 atom stereocenters. The molecular formula is C13H14O4. The second-order valence-corrected chi connectivity index (χ2v) is 3.99. The van der Waals surface area contributed by atoms with Crippen molar-refractivity contribution in [1.82, 2.24) is 0 Å². The molecule has 90 valence electrons. The number of carboxylic acid groups (broad SMARTS) is 1. The number of ether oxygens (including phenoxy) is 1. The van der Waals surface area contributed by atoms with Crippen LogP contribution in [-0.2, 0) is 4.79 Å². The summed E-state index contributed by atoms with van der Waals surface area (Å²) in [7, 11) is 1.58. The summed E-state index contributed by atoms with van der Waals surface area (Å²) in [5.74, 6) is -0.123. The Bertz CT molecular complexity index is 568. The summed E-state index contributed by atoms with van der Waals surface area (Å²) in [5.41, 5.74) is 1.40. The third-order valence-corrected chi connectivity index (χ3v) is 2.92. The van der Waals surface area contributed by atoms with Crippen LogP contribution in [0.2, 0.25) is 0 Å². The van der Waals surface area contributed by atoms with Crippen LogP contribution >= 0.6 is 0 Å². The lowest BCUT2D eigenvalue weighted by molar-refractivity contribution is -0.138. The summed E-state index contributed by atoms with van der Waals surface area (Å²) >= 11 is 0. The average molecular weight is 234 g/mol. The largest absolute Gasteiger partial charge is 0.497 e. The van der Waals surface area contributed by atoms with Crippen LogP contribution in [0.25, 0.3) is 11.0 Å². The molecule has 2 rings (SSSR count). The SMILES string of the molecule is COc1ccc2oc(C)c(C(C)C(=O)O)c2c1. The van der Waals surface area contributed by atoms with Gasteiger partial charge in [-0.15, -0.1) is 0 Å².